The predicted octanol–water partition coefficient (Wildman–Crippen LogP) is 3.75. The standard InChI is InChI=1S/C13H19ClO3S2/c1-4-18-7-5-6-17-13-11(3)8-10(2)9-12(13)19(14,15)16/h8-9H,4-7H2,1-3H3. The van der Waals surface area contributed by atoms with Gasteiger partial charge in [0.25, 0.3) is 9.05 Å². The molecule has 6 heteroatoms. The van der Waals surface area contributed by atoms with Crippen molar-refractivity contribution in [3.05, 3.63) is 23.3 Å². The molecule has 0 heterocycles. The molecule has 19 heavy (non-hydrogen) atoms. The Hall–Kier alpha value is -0.390. The highest BCUT2D eigenvalue weighted by atomic mass is 35.7. The van der Waals surface area contributed by atoms with Crippen molar-refractivity contribution in [3.63, 3.8) is 0 Å². The summed E-state index contributed by atoms with van der Waals surface area (Å²) in [5.41, 5.74) is 1.65. The van der Waals surface area contributed by atoms with Gasteiger partial charge in [-0.15, -0.1) is 0 Å². The van der Waals surface area contributed by atoms with E-state index in [9.17, 15) is 8.42 Å². The molecule has 0 fully saturated rings. The van der Waals surface area contributed by atoms with Gasteiger partial charge in [-0.1, -0.05) is 13.0 Å². The molecule has 0 amide bonds. The number of hydrogen-bond acceptors (Lipinski definition) is 4. The van der Waals surface area contributed by atoms with Gasteiger partial charge in [-0.2, -0.15) is 11.8 Å². The van der Waals surface area contributed by atoms with E-state index in [1.807, 2.05) is 31.7 Å². The average molecular weight is 323 g/mol. The topological polar surface area (TPSA) is 43.4 Å². The Morgan fingerprint density at radius 3 is 2.58 bits per heavy atom. The second-order valence-electron chi connectivity index (χ2n) is 4.25. The summed E-state index contributed by atoms with van der Waals surface area (Å²) in [4.78, 5) is 0.0646. The van der Waals surface area contributed by atoms with Crippen LogP contribution in [0.2, 0.25) is 0 Å². The molecule has 1 rings (SSSR count). The number of aryl methyl sites for hydroxylation is 2. The van der Waals surface area contributed by atoms with Crippen LogP contribution in [0.15, 0.2) is 17.0 Å². The van der Waals surface area contributed by atoms with Gasteiger partial charge in [0.15, 0.2) is 0 Å². The van der Waals surface area contributed by atoms with Gasteiger partial charge in [-0.3, -0.25) is 0 Å². The van der Waals surface area contributed by atoms with Crippen LogP contribution in [0.5, 0.6) is 5.75 Å². The maximum Gasteiger partial charge on any atom is 0.265 e. The van der Waals surface area contributed by atoms with Crippen LogP contribution in [-0.4, -0.2) is 26.5 Å². The van der Waals surface area contributed by atoms with Gasteiger partial charge in [0, 0.05) is 10.7 Å². The number of halogens is 1. The summed E-state index contributed by atoms with van der Waals surface area (Å²) < 4.78 is 28.8. The van der Waals surface area contributed by atoms with E-state index < -0.39 is 9.05 Å². The summed E-state index contributed by atoms with van der Waals surface area (Å²) >= 11 is 1.84. The molecule has 0 saturated heterocycles. The first-order valence-corrected chi connectivity index (χ1v) is 9.59. The summed E-state index contributed by atoms with van der Waals surface area (Å²) in [6.07, 6.45) is 0.883. The monoisotopic (exact) mass is 322 g/mol. The van der Waals surface area contributed by atoms with Gasteiger partial charge in [-0.05, 0) is 49.0 Å². The Bertz CT molecular complexity index is 527. The second-order valence-corrected chi connectivity index (χ2v) is 8.17. The van der Waals surface area contributed by atoms with Crippen molar-refractivity contribution in [1.29, 1.82) is 0 Å². The third-order valence-corrected chi connectivity index (χ3v) is 4.84. The summed E-state index contributed by atoms with van der Waals surface area (Å²) in [5.74, 6) is 2.46. The van der Waals surface area contributed by atoms with Crippen LogP contribution >= 0.6 is 22.4 Å². The van der Waals surface area contributed by atoms with Crippen LogP contribution in [0.25, 0.3) is 0 Å². The molecule has 0 spiro atoms. The quantitative estimate of drug-likeness (QED) is 0.566. The van der Waals surface area contributed by atoms with Crippen molar-refractivity contribution in [2.75, 3.05) is 18.1 Å². The van der Waals surface area contributed by atoms with Crippen LogP contribution in [-0.2, 0) is 9.05 Å². The molecule has 0 unspecified atom stereocenters. The van der Waals surface area contributed by atoms with Gasteiger partial charge >= 0.3 is 0 Å². The smallest absolute Gasteiger partial charge is 0.265 e. The lowest BCUT2D eigenvalue weighted by atomic mass is 10.1. The van der Waals surface area contributed by atoms with E-state index in [2.05, 4.69) is 6.92 Å². The van der Waals surface area contributed by atoms with Crippen molar-refractivity contribution < 1.29 is 13.2 Å². The first-order chi connectivity index (χ1) is 8.86. The third-order valence-electron chi connectivity index (χ3n) is 2.53. The first kappa shape index (κ1) is 16.7. The molecule has 108 valence electrons. The predicted molar refractivity (Wildman–Crippen MR) is 82.1 cm³/mol. The maximum absolute atomic E-state index is 11.6. The van der Waals surface area contributed by atoms with Crippen LogP contribution < -0.4 is 4.74 Å². The molecule has 0 aliphatic heterocycles. The molecule has 0 aromatic heterocycles. The fraction of sp³-hybridized carbons (Fsp3) is 0.538. The molecule has 0 saturated carbocycles. The van der Waals surface area contributed by atoms with Crippen LogP contribution in [0, 0.1) is 13.8 Å². The van der Waals surface area contributed by atoms with E-state index >= 15 is 0 Å². The molecule has 1 aromatic rings. The van der Waals surface area contributed by atoms with Crippen molar-refractivity contribution in [2.45, 2.75) is 32.1 Å². The molecule has 0 aliphatic rings. The Morgan fingerprint density at radius 2 is 2.00 bits per heavy atom. The van der Waals surface area contributed by atoms with Gasteiger partial charge in [0.2, 0.25) is 0 Å². The SMILES string of the molecule is CCSCCCOc1c(C)cc(C)cc1S(=O)(=O)Cl. The van der Waals surface area contributed by atoms with Crippen molar-refractivity contribution >= 4 is 31.5 Å². The summed E-state index contributed by atoms with van der Waals surface area (Å²) in [6, 6.07) is 3.44. The van der Waals surface area contributed by atoms with Crippen molar-refractivity contribution in [2.24, 2.45) is 0 Å². The zero-order valence-electron chi connectivity index (χ0n) is 11.4. The lowest BCUT2D eigenvalue weighted by Crippen LogP contribution is -2.05. The van der Waals surface area contributed by atoms with Gasteiger partial charge < -0.3 is 4.74 Å². The summed E-state index contributed by atoms with van der Waals surface area (Å²) in [5, 5.41) is 0. The molecule has 0 atom stereocenters. The molecule has 0 radical (unpaired) electrons. The van der Waals surface area contributed by atoms with E-state index in [0.717, 1.165) is 29.1 Å². The van der Waals surface area contributed by atoms with E-state index in [-0.39, 0.29) is 4.90 Å². The van der Waals surface area contributed by atoms with Gasteiger partial charge in [-0.25, -0.2) is 8.42 Å². The van der Waals surface area contributed by atoms with Gasteiger partial charge in [0.05, 0.1) is 6.61 Å². The van der Waals surface area contributed by atoms with E-state index in [1.54, 1.807) is 6.07 Å². The number of thioether (sulfide) groups is 1. The van der Waals surface area contributed by atoms with Crippen LogP contribution in [0.4, 0.5) is 0 Å². The third kappa shape index (κ3) is 5.24. The highest BCUT2D eigenvalue weighted by molar-refractivity contribution is 8.13. The van der Waals surface area contributed by atoms with Crippen molar-refractivity contribution in [3.8, 4) is 5.75 Å². The lowest BCUT2D eigenvalue weighted by molar-refractivity contribution is 0.308. The van der Waals surface area contributed by atoms with Crippen molar-refractivity contribution in [1.82, 2.24) is 0 Å². The fourth-order valence-corrected chi connectivity index (χ4v) is 3.48. The fourth-order valence-electron chi connectivity index (χ4n) is 1.76. The number of ether oxygens (including phenoxy) is 1. The molecular weight excluding hydrogens is 304 g/mol. The summed E-state index contributed by atoms with van der Waals surface area (Å²) in [7, 11) is 1.67. The summed E-state index contributed by atoms with van der Waals surface area (Å²) in [6.45, 7) is 6.26. The van der Waals surface area contributed by atoms with E-state index in [1.165, 1.54) is 0 Å². The normalized spacial score (nSPS) is 11.6. The molecule has 1 aromatic carbocycles. The highest BCUT2D eigenvalue weighted by Gasteiger charge is 2.19. The Balaban J connectivity index is 2.87. The minimum Gasteiger partial charge on any atom is -0.492 e. The number of benzene rings is 1. The molecular formula is C13H19ClO3S2. The Labute approximate surface area is 124 Å². The Morgan fingerprint density at radius 1 is 1.32 bits per heavy atom. The van der Waals surface area contributed by atoms with Crippen LogP contribution in [0.3, 0.4) is 0 Å². The lowest BCUT2D eigenvalue weighted by Gasteiger charge is -2.13. The molecule has 0 bridgehead atoms. The second kappa shape index (κ2) is 7.41. The minimum atomic E-state index is -3.78. The van der Waals surface area contributed by atoms with E-state index in [0.29, 0.717) is 12.4 Å². The molecule has 3 nitrogen and oxygen atoms in total. The first-order valence-electron chi connectivity index (χ1n) is 6.12. The average Bonchev–Trinajstić information content (AvgIpc) is 2.29. The molecule has 0 N–H and O–H groups in total. The van der Waals surface area contributed by atoms with E-state index in [4.69, 9.17) is 15.4 Å². The number of rotatable bonds is 7. The molecule has 0 aliphatic carbocycles. The zero-order chi connectivity index (χ0) is 14.5. The maximum atomic E-state index is 11.6. The minimum absolute atomic E-state index is 0.0646. The zero-order valence-corrected chi connectivity index (χ0v) is 13.8. The largest absolute Gasteiger partial charge is 0.492 e. The Kier molecular flexibility index (Phi) is 6.50. The highest BCUT2D eigenvalue weighted by Crippen LogP contribution is 2.31. The number of hydrogen-bond donors (Lipinski definition) is 0. The van der Waals surface area contributed by atoms with Crippen LogP contribution in [0.1, 0.15) is 24.5 Å². The van der Waals surface area contributed by atoms with Gasteiger partial charge in [0.1, 0.15) is 10.6 Å².